The number of aromatic nitrogens is 2. The third-order valence-corrected chi connectivity index (χ3v) is 4.22. The Morgan fingerprint density at radius 2 is 1.83 bits per heavy atom. The van der Waals surface area contributed by atoms with Gasteiger partial charge < -0.3 is 10.2 Å². The number of para-hydroxylation sites is 1. The zero-order valence-electron chi connectivity index (χ0n) is 13.4. The van der Waals surface area contributed by atoms with Crippen molar-refractivity contribution in [2.45, 2.75) is 38.6 Å². The van der Waals surface area contributed by atoms with E-state index in [-0.39, 0.29) is 5.91 Å². The van der Waals surface area contributed by atoms with Crippen molar-refractivity contribution >= 4 is 17.5 Å². The average molecular weight is 310 g/mol. The largest absolute Gasteiger partial charge is 0.349 e. The van der Waals surface area contributed by atoms with Gasteiger partial charge in [0.2, 0.25) is 5.95 Å². The number of anilines is 2. The van der Waals surface area contributed by atoms with Crippen molar-refractivity contribution in [3.63, 3.8) is 0 Å². The van der Waals surface area contributed by atoms with Gasteiger partial charge in [-0.05, 0) is 31.9 Å². The first-order valence-corrected chi connectivity index (χ1v) is 8.23. The predicted molar refractivity (Wildman–Crippen MR) is 90.9 cm³/mol. The lowest BCUT2D eigenvalue weighted by atomic mass is 10.2. The van der Waals surface area contributed by atoms with Crippen molar-refractivity contribution < 1.29 is 4.79 Å². The van der Waals surface area contributed by atoms with Gasteiger partial charge in [-0.1, -0.05) is 31.0 Å². The minimum Gasteiger partial charge on any atom is -0.349 e. The first-order valence-electron chi connectivity index (χ1n) is 8.23. The molecule has 0 radical (unpaired) electrons. The molecule has 0 unspecified atom stereocenters. The van der Waals surface area contributed by atoms with Crippen LogP contribution in [0.4, 0.5) is 11.6 Å². The van der Waals surface area contributed by atoms with Crippen LogP contribution < -0.4 is 10.2 Å². The second-order valence-electron chi connectivity index (χ2n) is 5.81. The molecule has 1 aliphatic carbocycles. The standard InChI is InChI=1S/C18H22N4O/c1-2-22(16-10-4-3-5-11-16)18-19-12-14(13-20-18)17(23)21-15-8-6-7-9-15/h3-5,10-13,15H,2,6-9H2,1H3,(H,21,23). The maximum atomic E-state index is 12.2. The minimum atomic E-state index is -0.0776. The summed E-state index contributed by atoms with van der Waals surface area (Å²) >= 11 is 0. The summed E-state index contributed by atoms with van der Waals surface area (Å²) in [6, 6.07) is 10.3. The third-order valence-electron chi connectivity index (χ3n) is 4.22. The maximum absolute atomic E-state index is 12.2. The highest BCUT2D eigenvalue weighted by Gasteiger charge is 2.18. The first-order chi connectivity index (χ1) is 11.3. The summed E-state index contributed by atoms with van der Waals surface area (Å²) in [4.78, 5) is 23.0. The van der Waals surface area contributed by atoms with Gasteiger partial charge in [-0.2, -0.15) is 0 Å². The Kier molecular flexibility index (Phi) is 4.86. The van der Waals surface area contributed by atoms with Crippen molar-refractivity contribution in [3.05, 3.63) is 48.3 Å². The number of rotatable bonds is 5. The molecule has 0 spiro atoms. The molecule has 0 bridgehead atoms. The minimum absolute atomic E-state index is 0.0776. The summed E-state index contributed by atoms with van der Waals surface area (Å²) < 4.78 is 0. The summed E-state index contributed by atoms with van der Waals surface area (Å²) in [5.41, 5.74) is 1.56. The Hall–Kier alpha value is -2.43. The van der Waals surface area contributed by atoms with Crippen LogP contribution in [0.25, 0.3) is 0 Å². The van der Waals surface area contributed by atoms with Gasteiger partial charge >= 0.3 is 0 Å². The molecule has 5 nitrogen and oxygen atoms in total. The zero-order chi connectivity index (χ0) is 16.1. The first kappa shape index (κ1) is 15.5. The molecule has 1 amide bonds. The highest BCUT2D eigenvalue weighted by Crippen LogP contribution is 2.21. The molecule has 1 fully saturated rings. The van der Waals surface area contributed by atoms with Crippen molar-refractivity contribution in [3.8, 4) is 0 Å². The SMILES string of the molecule is CCN(c1ccccc1)c1ncc(C(=O)NC2CCCC2)cn1. The highest BCUT2D eigenvalue weighted by molar-refractivity contribution is 5.93. The van der Waals surface area contributed by atoms with E-state index in [1.165, 1.54) is 12.8 Å². The molecule has 0 aliphatic heterocycles. The number of hydrogen-bond acceptors (Lipinski definition) is 4. The molecule has 0 saturated heterocycles. The summed E-state index contributed by atoms with van der Waals surface area (Å²) in [5.74, 6) is 0.530. The quantitative estimate of drug-likeness (QED) is 0.920. The Labute approximate surface area is 136 Å². The maximum Gasteiger partial charge on any atom is 0.254 e. The lowest BCUT2D eigenvalue weighted by molar-refractivity contribution is 0.0937. The fourth-order valence-electron chi connectivity index (χ4n) is 2.96. The van der Waals surface area contributed by atoms with Crippen LogP contribution in [0.1, 0.15) is 43.0 Å². The van der Waals surface area contributed by atoms with Crippen molar-refractivity contribution in [2.75, 3.05) is 11.4 Å². The third kappa shape index (κ3) is 3.67. The van der Waals surface area contributed by atoms with Gasteiger partial charge in [0.25, 0.3) is 5.91 Å². The van der Waals surface area contributed by atoms with Crippen LogP contribution in [0.15, 0.2) is 42.7 Å². The van der Waals surface area contributed by atoms with Gasteiger partial charge in [0, 0.05) is 30.7 Å². The predicted octanol–water partition coefficient (Wildman–Crippen LogP) is 3.31. The van der Waals surface area contributed by atoms with Crippen LogP contribution >= 0.6 is 0 Å². The second kappa shape index (κ2) is 7.22. The van der Waals surface area contributed by atoms with Gasteiger partial charge in [0.05, 0.1) is 5.56 Å². The molecule has 5 heteroatoms. The highest BCUT2D eigenvalue weighted by atomic mass is 16.1. The molecule has 1 aromatic carbocycles. The number of nitrogens with one attached hydrogen (secondary N) is 1. The number of benzene rings is 1. The van der Waals surface area contributed by atoms with E-state index < -0.39 is 0 Å². The van der Waals surface area contributed by atoms with Crippen LogP contribution in [-0.4, -0.2) is 28.5 Å². The zero-order valence-corrected chi connectivity index (χ0v) is 13.4. The number of hydrogen-bond donors (Lipinski definition) is 1. The number of amides is 1. The monoisotopic (exact) mass is 310 g/mol. The van der Waals surface area contributed by atoms with Crippen LogP contribution in [0.3, 0.4) is 0 Å². The fraction of sp³-hybridized carbons (Fsp3) is 0.389. The van der Waals surface area contributed by atoms with Crippen LogP contribution in [0, 0.1) is 0 Å². The van der Waals surface area contributed by atoms with Crippen molar-refractivity contribution in [2.24, 2.45) is 0 Å². The molecule has 1 heterocycles. The molecule has 1 aromatic heterocycles. The van der Waals surface area contributed by atoms with Crippen LogP contribution in [-0.2, 0) is 0 Å². The number of nitrogens with zero attached hydrogens (tertiary/aromatic N) is 3. The summed E-state index contributed by atoms with van der Waals surface area (Å²) in [6.45, 7) is 2.81. The van der Waals surface area contributed by atoms with Crippen molar-refractivity contribution in [1.82, 2.24) is 15.3 Å². The molecular formula is C18H22N4O. The van der Waals surface area contributed by atoms with E-state index >= 15 is 0 Å². The van der Waals surface area contributed by atoms with E-state index in [1.807, 2.05) is 35.2 Å². The molecule has 1 aliphatic rings. The summed E-state index contributed by atoms with van der Waals surface area (Å²) in [5, 5.41) is 3.06. The van der Waals surface area contributed by atoms with E-state index in [0.717, 1.165) is 25.1 Å². The van der Waals surface area contributed by atoms with E-state index in [0.29, 0.717) is 17.6 Å². The average Bonchev–Trinajstić information content (AvgIpc) is 3.10. The Morgan fingerprint density at radius 1 is 1.17 bits per heavy atom. The molecule has 2 aromatic rings. The van der Waals surface area contributed by atoms with E-state index in [4.69, 9.17) is 0 Å². The number of carbonyl (C=O) groups excluding carboxylic acids is 1. The van der Waals surface area contributed by atoms with E-state index in [9.17, 15) is 4.79 Å². The molecule has 23 heavy (non-hydrogen) atoms. The Morgan fingerprint density at radius 3 is 2.43 bits per heavy atom. The second-order valence-corrected chi connectivity index (χ2v) is 5.81. The fourth-order valence-corrected chi connectivity index (χ4v) is 2.96. The molecule has 120 valence electrons. The van der Waals surface area contributed by atoms with Crippen LogP contribution in [0.5, 0.6) is 0 Å². The Balaban J connectivity index is 1.71. The number of carbonyl (C=O) groups is 1. The molecule has 1 saturated carbocycles. The normalized spacial score (nSPS) is 14.7. The molecule has 3 rings (SSSR count). The van der Waals surface area contributed by atoms with Gasteiger partial charge in [-0.3, -0.25) is 4.79 Å². The van der Waals surface area contributed by atoms with E-state index in [1.54, 1.807) is 12.4 Å². The van der Waals surface area contributed by atoms with E-state index in [2.05, 4.69) is 22.2 Å². The van der Waals surface area contributed by atoms with Gasteiger partial charge in [0.1, 0.15) is 0 Å². The van der Waals surface area contributed by atoms with Crippen molar-refractivity contribution in [1.29, 1.82) is 0 Å². The van der Waals surface area contributed by atoms with Gasteiger partial charge in [0.15, 0.2) is 0 Å². The van der Waals surface area contributed by atoms with Gasteiger partial charge in [-0.15, -0.1) is 0 Å². The molecule has 1 N–H and O–H groups in total. The Bertz CT molecular complexity index is 636. The lowest BCUT2D eigenvalue weighted by Crippen LogP contribution is -2.32. The topological polar surface area (TPSA) is 58.1 Å². The van der Waals surface area contributed by atoms with Gasteiger partial charge in [-0.25, -0.2) is 9.97 Å². The smallest absolute Gasteiger partial charge is 0.254 e. The summed E-state index contributed by atoms with van der Waals surface area (Å²) in [6.07, 6.45) is 7.76. The molecular weight excluding hydrogens is 288 g/mol. The van der Waals surface area contributed by atoms with Crippen LogP contribution in [0.2, 0.25) is 0 Å². The molecule has 0 atom stereocenters. The lowest BCUT2D eigenvalue weighted by Gasteiger charge is -2.20. The summed E-state index contributed by atoms with van der Waals surface area (Å²) in [7, 11) is 0.